The van der Waals surface area contributed by atoms with E-state index in [1.807, 2.05) is 0 Å². The number of carboxylic acids is 1. The third-order valence-electron chi connectivity index (χ3n) is 13.8. The van der Waals surface area contributed by atoms with Crippen molar-refractivity contribution in [3.8, 4) is 0 Å². The number of aliphatic hydroxyl groups excluding tert-OH is 18. The zero-order valence-corrected chi connectivity index (χ0v) is 41.8. The molecule has 5 aliphatic heterocycles. The van der Waals surface area contributed by atoms with Crippen molar-refractivity contribution in [3.05, 3.63) is 0 Å². The third-order valence-corrected chi connectivity index (χ3v) is 13.8. The first-order valence-corrected chi connectivity index (χ1v) is 24.4. The number of rotatable bonds is 23. The summed E-state index contributed by atoms with van der Waals surface area (Å²) in [6, 6.07) is -3.51. The van der Waals surface area contributed by atoms with Gasteiger partial charge in [-0.1, -0.05) is 0 Å². The van der Waals surface area contributed by atoms with E-state index in [1.54, 1.807) is 0 Å². The van der Waals surface area contributed by atoms with Gasteiger partial charge in [-0.25, -0.2) is 4.79 Å². The van der Waals surface area contributed by atoms with Crippen molar-refractivity contribution in [1.82, 2.24) is 10.6 Å². The van der Waals surface area contributed by atoms with E-state index in [-0.39, 0.29) is 0 Å². The third kappa shape index (κ3) is 14.7. The Morgan fingerprint density at radius 1 is 0.597 bits per heavy atom. The normalized spacial score (nSPS) is 44.3. The minimum absolute atomic E-state index is 0.821. The predicted octanol–water partition coefficient (Wildman–Crippen LogP) is -12.9. The van der Waals surface area contributed by atoms with Crippen LogP contribution in [0.4, 0.5) is 0 Å². The van der Waals surface area contributed by atoms with Gasteiger partial charge in [-0.15, -0.1) is 0 Å². The van der Waals surface area contributed by atoms with E-state index in [0.717, 1.165) is 13.8 Å². The average molecular weight is 1130 g/mol. The highest BCUT2D eigenvalue weighted by Gasteiger charge is 2.59. The van der Waals surface area contributed by atoms with Crippen LogP contribution in [0.2, 0.25) is 0 Å². The first kappa shape index (κ1) is 65.1. The molecule has 0 aromatic rings. The van der Waals surface area contributed by atoms with Gasteiger partial charge in [0.25, 0.3) is 5.79 Å². The number of amides is 2. The van der Waals surface area contributed by atoms with Crippen molar-refractivity contribution in [1.29, 1.82) is 0 Å². The van der Waals surface area contributed by atoms with Crippen LogP contribution in [0.15, 0.2) is 0 Å². The van der Waals surface area contributed by atoms with Gasteiger partial charge < -0.3 is 155 Å². The quantitative estimate of drug-likeness (QED) is 0.0452. The molecule has 5 heterocycles. The summed E-state index contributed by atoms with van der Waals surface area (Å²) in [6.07, 6.45) is -56.0. The SMILES string of the molecule is CC(=O)N[C@H]1[C@H]([C@@H](O)[C@@H](O)CO)O[C@@](OC[C@@H](O)[C@H](O)[C@@H](O[C@@H]2O[C@H](CO)[C@H](O)[C@H](O[C@@H]3O[C@H](CO)[C@H](O)[C@H](O)[C@H]3O[C@H]3O[C@H](C)[C@H](O)[C@H](O)[C@H]3O)[C@H]2O[C@H]2O[C@H](C)[C@H](O)[C@H](O)[C@H]2O)[C@H](CO)NC(C)=O)(C(=O)O)C[C@@H]1O. The number of carboxylic acid groups (broad SMARTS) is 1. The largest absolute Gasteiger partial charge is 0.477 e. The Hall–Kier alpha value is -2.71. The summed E-state index contributed by atoms with van der Waals surface area (Å²) < 4.78 is 57.9. The highest BCUT2D eigenvalue weighted by atomic mass is 16.8. The second-order valence-corrected chi connectivity index (χ2v) is 19.4. The molecule has 5 fully saturated rings. The molecule has 77 heavy (non-hydrogen) atoms. The maximum atomic E-state index is 12.9. The number of aliphatic carboxylic acids is 1. The molecule has 5 rings (SSSR count). The van der Waals surface area contributed by atoms with Crippen molar-refractivity contribution < 1.29 is 159 Å². The van der Waals surface area contributed by atoms with Crippen LogP contribution in [0.25, 0.3) is 0 Å². The van der Waals surface area contributed by atoms with Crippen molar-refractivity contribution >= 4 is 17.8 Å². The first-order chi connectivity index (χ1) is 36.1. The topological polar surface area (TPSA) is 552 Å². The molecule has 0 bridgehead atoms. The number of hydrogen-bond donors (Lipinski definition) is 21. The lowest BCUT2D eigenvalue weighted by Gasteiger charge is -2.50. The average Bonchev–Trinajstić information content (AvgIpc) is 3.39. The summed E-state index contributed by atoms with van der Waals surface area (Å²) in [7, 11) is 0. The summed E-state index contributed by atoms with van der Waals surface area (Å²) in [6.45, 7) is -1.46. The molecule has 30 atom stereocenters. The molecule has 0 unspecified atom stereocenters. The van der Waals surface area contributed by atoms with E-state index in [2.05, 4.69) is 10.6 Å². The predicted molar refractivity (Wildman–Crippen MR) is 239 cm³/mol. The summed E-state index contributed by atoms with van der Waals surface area (Å²) in [4.78, 5) is 37.4. The molecule has 5 aliphatic rings. The Balaban J connectivity index is 1.55. The molecule has 0 spiro atoms. The molecule has 0 radical (unpaired) electrons. The van der Waals surface area contributed by atoms with Gasteiger partial charge in [0.05, 0.1) is 63.4 Å². The van der Waals surface area contributed by atoms with Crippen LogP contribution in [0.3, 0.4) is 0 Å². The fourth-order valence-electron chi connectivity index (χ4n) is 9.35. The molecule has 0 saturated carbocycles. The molecule has 34 nitrogen and oxygen atoms in total. The summed E-state index contributed by atoms with van der Waals surface area (Å²) in [5.74, 6) is -6.89. The van der Waals surface area contributed by atoms with Crippen molar-refractivity contribution in [2.75, 3.05) is 33.0 Å². The van der Waals surface area contributed by atoms with Crippen LogP contribution < -0.4 is 10.6 Å². The van der Waals surface area contributed by atoms with Gasteiger partial charge in [-0.05, 0) is 13.8 Å². The lowest BCUT2D eigenvalue weighted by molar-refractivity contribution is -0.407. The Morgan fingerprint density at radius 3 is 1.61 bits per heavy atom. The highest BCUT2D eigenvalue weighted by molar-refractivity contribution is 5.76. The molecule has 0 aromatic heterocycles. The smallest absolute Gasteiger partial charge is 0.364 e. The number of carbonyl (C=O) groups excluding carboxylic acids is 2. The van der Waals surface area contributed by atoms with E-state index < -0.39 is 241 Å². The van der Waals surface area contributed by atoms with Gasteiger partial charge in [-0.3, -0.25) is 9.59 Å². The van der Waals surface area contributed by atoms with E-state index in [0.29, 0.717) is 0 Å². The van der Waals surface area contributed by atoms with Crippen LogP contribution in [0.1, 0.15) is 34.1 Å². The van der Waals surface area contributed by atoms with Crippen LogP contribution >= 0.6 is 0 Å². The van der Waals surface area contributed by atoms with Crippen molar-refractivity contribution in [3.63, 3.8) is 0 Å². The molecule has 448 valence electrons. The monoisotopic (exact) mass is 1130 g/mol. The Morgan fingerprint density at radius 2 is 1.12 bits per heavy atom. The molecule has 21 N–H and O–H groups in total. The molecule has 34 heteroatoms. The number of aliphatic hydroxyl groups is 18. The van der Waals surface area contributed by atoms with Crippen LogP contribution in [0, 0.1) is 0 Å². The second kappa shape index (κ2) is 27.8. The summed E-state index contributed by atoms with van der Waals surface area (Å²) in [5.41, 5.74) is 0. The fourth-order valence-corrected chi connectivity index (χ4v) is 9.35. The van der Waals surface area contributed by atoms with Crippen molar-refractivity contribution in [2.45, 2.75) is 218 Å². The van der Waals surface area contributed by atoms with E-state index in [1.165, 1.54) is 13.8 Å². The van der Waals surface area contributed by atoms with E-state index >= 15 is 0 Å². The maximum absolute atomic E-state index is 12.9. The molecular weight excluding hydrogens is 1060 g/mol. The fraction of sp³-hybridized carbons (Fsp3) is 0.930. The van der Waals surface area contributed by atoms with Crippen LogP contribution in [-0.4, -0.2) is 331 Å². The number of ether oxygens (including phenoxy) is 10. The zero-order valence-electron chi connectivity index (χ0n) is 41.8. The minimum atomic E-state index is -3.10. The molecular formula is C43H74N2O32. The minimum Gasteiger partial charge on any atom is -0.477 e. The van der Waals surface area contributed by atoms with E-state index in [4.69, 9.17) is 47.4 Å². The summed E-state index contributed by atoms with van der Waals surface area (Å²) >= 11 is 0. The maximum Gasteiger partial charge on any atom is 0.364 e. The lowest BCUT2D eigenvalue weighted by Crippen LogP contribution is -2.69. The van der Waals surface area contributed by atoms with Gasteiger partial charge in [-0.2, -0.15) is 0 Å². The number of carbonyl (C=O) groups is 3. The van der Waals surface area contributed by atoms with Crippen molar-refractivity contribution in [2.24, 2.45) is 0 Å². The zero-order chi connectivity index (χ0) is 57.7. The van der Waals surface area contributed by atoms with Gasteiger partial charge in [0.2, 0.25) is 11.8 Å². The molecule has 2 amide bonds. The standard InChI is InChI=1S/C43H74N2O32/c1-11-22(55)28(61)31(64)38(69-11)75-36-30(63)26(59)19(8-48)71-40(36)74-35-27(60)20(9-49)72-41(37(35)76-39-32(65)29(62)23(56)12(2)70-39)73-33(15(6-46)44-13(3)50)25(58)18(54)10-68-43(42(66)67)5-16(52)21(45-14(4)51)34(77-43)24(57)17(53)7-47/h11-12,15-41,46-49,52-65H,5-10H2,1-4H3,(H,44,50)(H,45,51)(H,66,67)/t11-,12-,15+,16+,17+,18-,19-,20-,21-,22+,23+,24+,25+,26+,27+,28+,29+,30+,31-,32-,33+,34-,35+,36-,37-,38-,39-,40+,41+,43-/m1/s1. The van der Waals surface area contributed by atoms with Crippen LogP contribution in [0.5, 0.6) is 0 Å². The van der Waals surface area contributed by atoms with Gasteiger partial charge >= 0.3 is 5.97 Å². The number of hydrogen-bond acceptors (Lipinski definition) is 31. The van der Waals surface area contributed by atoms with Crippen LogP contribution in [-0.2, 0) is 61.8 Å². The van der Waals surface area contributed by atoms with E-state index in [9.17, 15) is 111 Å². The Bertz CT molecular complexity index is 1880. The summed E-state index contributed by atoms with van der Waals surface area (Å²) in [5, 5.41) is 209. The van der Waals surface area contributed by atoms with Gasteiger partial charge in [0.1, 0.15) is 122 Å². The Kier molecular flexibility index (Phi) is 23.5. The lowest BCUT2D eigenvalue weighted by atomic mass is 9.88. The molecule has 0 aromatic carbocycles. The second-order valence-electron chi connectivity index (χ2n) is 19.4. The molecule has 5 saturated heterocycles. The number of nitrogens with one attached hydrogen (secondary N) is 2. The van der Waals surface area contributed by atoms with Gasteiger partial charge in [0, 0.05) is 20.3 Å². The Labute approximate surface area is 437 Å². The molecule has 0 aliphatic carbocycles. The first-order valence-electron chi connectivity index (χ1n) is 24.4. The van der Waals surface area contributed by atoms with Gasteiger partial charge in [0.15, 0.2) is 25.2 Å². The highest BCUT2D eigenvalue weighted by Crippen LogP contribution is 2.38.